The number of hydrogen-bond donors (Lipinski definition) is 0. The monoisotopic (exact) mass is 367 g/mol. The zero-order valence-corrected chi connectivity index (χ0v) is 13.0. The molecule has 0 unspecified atom stereocenters. The minimum absolute atomic E-state index is 0.0558. The summed E-state index contributed by atoms with van der Waals surface area (Å²) in [7, 11) is 0. The van der Waals surface area contributed by atoms with Gasteiger partial charge in [0.05, 0.1) is 17.5 Å². The molecule has 134 valence electrons. The van der Waals surface area contributed by atoms with Crippen molar-refractivity contribution >= 4 is 11.6 Å². The van der Waals surface area contributed by atoms with Gasteiger partial charge in [0, 0.05) is 23.9 Å². The predicted octanol–water partition coefficient (Wildman–Crippen LogP) is 4.01. The lowest BCUT2D eigenvalue weighted by Gasteiger charge is -2.16. The zero-order chi connectivity index (χ0) is 19.1. The van der Waals surface area contributed by atoms with Crippen LogP contribution < -0.4 is 0 Å². The normalized spacial score (nSPS) is 14.3. The average Bonchev–Trinajstić information content (AvgIpc) is 2.55. The van der Waals surface area contributed by atoms with Crippen LogP contribution in [0, 0.1) is 11.6 Å². The lowest BCUT2D eigenvalue weighted by atomic mass is 9.87. The smallest absolute Gasteiger partial charge is 0.289 e. The molecular weight excluding hydrogens is 357 g/mol. The van der Waals surface area contributed by atoms with Crippen LogP contribution in [0.1, 0.15) is 32.0 Å². The zero-order valence-electron chi connectivity index (χ0n) is 13.0. The maximum atomic E-state index is 13.9. The van der Waals surface area contributed by atoms with E-state index in [1.807, 2.05) is 0 Å². The van der Waals surface area contributed by atoms with E-state index in [-0.39, 0.29) is 23.3 Å². The van der Waals surface area contributed by atoms with E-state index < -0.39 is 46.9 Å². The predicted molar refractivity (Wildman–Crippen MR) is 80.8 cm³/mol. The number of hydrogen-bond acceptors (Lipinski definition) is 3. The number of halogens is 5. The van der Waals surface area contributed by atoms with Crippen LogP contribution in [0.25, 0.3) is 0 Å². The second-order valence-corrected chi connectivity index (χ2v) is 5.77. The molecule has 1 aromatic carbocycles. The number of alkyl halides is 3. The number of carbonyl (C=O) groups is 2. The fraction of sp³-hybridized carbons (Fsp3) is 0.167. The van der Waals surface area contributed by atoms with Crippen LogP contribution in [-0.4, -0.2) is 22.7 Å². The topological polar surface area (TPSA) is 47.0 Å². The Morgan fingerprint density at radius 1 is 0.923 bits per heavy atom. The van der Waals surface area contributed by atoms with Crippen molar-refractivity contribution in [3.05, 3.63) is 76.1 Å². The van der Waals surface area contributed by atoms with E-state index in [1.54, 1.807) is 0 Å². The van der Waals surface area contributed by atoms with Gasteiger partial charge in [-0.25, -0.2) is 8.78 Å². The van der Waals surface area contributed by atoms with Gasteiger partial charge in [-0.05, 0) is 29.8 Å². The van der Waals surface area contributed by atoms with Gasteiger partial charge in [0.2, 0.25) is 0 Å². The SMILES string of the molecule is O=C1C=C(Cc2ccc(CC(F)(F)F)cn2)C(=O)c2c(F)ccc(F)c21. The van der Waals surface area contributed by atoms with E-state index in [0.29, 0.717) is 0 Å². The van der Waals surface area contributed by atoms with Gasteiger partial charge >= 0.3 is 6.18 Å². The average molecular weight is 367 g/mol. The molecule has 0 aliphatic heterocycles. The van der Waals surface area contributed by atoms with E-state index in [2.05, 4.69) is 4.98 Å². The summed E-state index contributed by atoms with van der Waals surface area (Å²) in [6, 6.07) is 4.02. The molecule has 1 aromatic heterocycles. The number of aromatic nitrogens is 1. The van der Waals surface area contributed by atoms with Crippen LogP contribution in [-0.2, 0) is 12.8 Å². The highest BCUT2D eigenvalue weighted by molar-refractivity contribution is 6.24. The molecule has 0 bridgehead atoms. The van der Waals surface area contributed by atoms with E-state index in [1.165, 1.54) is 12.1 Å². The van der Waals surface area contributed by atoms with Crippen LogP contribution >= 0.6 is 0 Å². The molecule has 0 saturated carbocycles. The highest BCUT2D eigenvalue weighted by Gasteiger charge is 2.31. The summed E-state index contributed by atoms with van der Waals surface area (Å²) in [5.74, 6) is -3.71. The first-order valence-corrected chi connectivity index (χ1v) is 7.44. The Kier molecular flexibility index (Phi) is 4.43. The van der Waals surface area contributed by atoms with Crippen LogP contribution in [0.15, 0.2) is 42.1 Å². The van der Waals surface area contributed by atoms with Crippen molar-refractivity contribution in [3.8, 4) is 0 Å². The Morgan fingerprint density at radius 3 is 2.15 bits per heavy atom. The highest BCUT2D eigenvalue weighted by atomic mass is 19.4. The van der Waals surface area contributed by atoms with Crippen molar-refractivity contribution in [3.63, 3.8) is 0 Å². The van der Waals surface area contributed by atoms with Gasteiger partial charge < -0.3 is 0 Å². The Balaban J connectivity index is 1.86. The first-order chi connectivity index (χ1) is 12.2. The number of nitrogens with zero attached hydrogens (tertiary/aromatic N) is 1. The lowest BCUT2D eigenvalue weighted by Crippen LogP contribution is -2.21. The molecule has 1 aliphatic carbocycles. The van der Waals surface area contributed by atoms with Crippen molar-refractivity contribution in [2.45, 2.75) is 19.0 Å². The maximum absolute atomic E-state index is 13.9. The summed E-state index contributed by atoms with van der Waals surface area (Å²) in [5, 5.41) is 0. The molecule has 0 amide bonds. The molecule has 0 fully saturated rings. The van der Waals surface area contributed by atoms with E-state index in [4.69, 9.17) is 0 Å². The Bertz CT molecular complexity index is 930. The third-order valence-corrected chi connectivity index (χ3v) is 3.84. The third kappa shape index (κ3) is 3.54. The molecule has 1 heterocycles. The number of Topliss-reactive ketones (excluding diaryl/α,β-unsaturated/α-hetero) is 1. The number of allylic oxidation sites excluding steroid dienone is 2. The highest BCUT2D eigenvalue weighted by Crippen LogP contribution is 2.28. The Hall–Kier alpha value is -2.90. The van der Waals surface area contributed by atoms with Gasteiger partial charge in [-0.2, -0.15) is 13.2 Å². The summed E-state index contributed by atoms with van der Waals surface area (Å²) >= 11 is 0. The van der Waals surface area contributed by atoms with Crippen molar-refractivity contribution in [1.82, 2.24) is 4.98 Å². The number of ketones is 2. The van der Waals surface area contributed by atoms with Gasteiger partial charge in [-0.3, -0.25) is 14.6 Å². The number of fused-ring (bicyclic) bond motifs is 1. The van der Waals surface area contributed by atoms with Crippen LogP contribution in [0.4, 0.5) is 22.0 Å². The second kappa shape index (κ2) is 6.44. The standard InChI is InChI=1S/C18H10F5NO2/c19-12-3-4-13(20)16-15(12)14(25)6-10(17(16)26)5-11-2-1-9(8-24-11)7-18(21,22)23/h1-4,6,8H,5,7H2. The van der Waals surface area contributed by atoms with Crippen molar-refractivity contribution in [2.24, 2.45) is 0 Å². The van der Waals surface area contributed by atoms with Crippen molar-refractivity contribution < 1.29 is 31.5 Å². The summed E-state index contributed by atoms with van der Waals surface area (Å²) < 4.78 is 64.6. The van der Waals surface area contributed by atoms with E-state index in [9.17, 15) is 31.5 Å². The molecule has 3 nitrogen and oxygen atoms in total. The van der Waals surface area contributed by atoms with Crippen molar-refractivity contribution in [1.29, 1.82) is 0 Å². The number of rotatable bonds is 3. The molecule has 2 aromatic rings. The molecule has 3 rings (SSSR count). The summed E-state index contributed by atoms with van der Waals surface area (Å²) in [6.07, 6.45) is -3.78. The molecule has 1 aliphatic rings. The Morgan fingerprint density at radius 2 is 1.58 bits per heavy atom. The molecule has 0 atom stereocenters. The number of pyridine rings is 1. The maximum Gasteiger partial charge on any atom is 0.393 e. The van der Waals surface area contributed by atoms with Crippen LogP contribution in [0.3, 0.4) is 0 Å². The summed E-state index contributed by atoms with van der Waals surface area (Å²) in [4.78, 5) is 28.3. The molecule has 0 saturated heterocycles. The van der Waals surface area contributed by atoms with Gasteiger partial charge in [-0.15, -0.1) is 0 Å². The lowest BCUT2D eigenvalue weighted by molar-refractivity contribution is -0.127. The van der Waals surface area contributed by atoms with Crippen LogP contribution in [0.5, 0.6) is 0 Å². The van der Waals surface area contributed by atoms with Crippen LogP contribution in [0.2, 0.25) is 0 Å². The summed E-state index contributed by atoms with van der Waals surface area (Å²) in [6.45, 7) is 0. The van der Waals surface area contributed by atoms with Gasteiger partial charge in [0.25, 0.3) is 0 Å². The largest absolute Gasteiger partial charge is 0.393 e. The molecule has 0 N–H and O–H groups in total. The number of carbonyl (C=O) groups excluding carboxylic acids is 2. The minimum atomic E-state index is -4.37. The van der Waals surface area contributed by atoms with E-state index in [0.717, 1.165) is 24.4 Å². The molecule has 0 radical (unpaired) electrons. The van der Waals surface area contributed by atoms with Gasteiger partial charge in [-0.1, -0.05) is 6.07 Å². The quantitative estimate of drug-likeness (QED) is 0.770. The second-order valence-electron chi connectivity index (χ2n) is 5.77. The Labute approximate surface area is 144 Å². The first-order valence-electron chi connectivity index (χ1n) is 7.44. The fourth-order valence-electron chi connectivity index (χ4n) is 2.69. The fourth-order valence-corrected chi connectivity index (χ4v) is 2.69. The number of benzene rings is 1. The molecule has 26 heavy (non-hydrogen) atoms. The molecule has 8 heteroatoms. The molecular formula is C18H10F5NO2. The first kappa shape index (κ1) is 17.9. The summed E-state index contributed by atoms with van der Waals surface area (Å²) in [5.41, 5.74) is -1.19. The van der Waals surface area contributed by atoms with Gasteiger partial charge in [0.1, 0.15) is 11.6 Å². The molecule has 0 spiro atoms. The minimum Gasteiger partial charge on any atom is -0.289 e. The van der Waals surface area contributed by atoms with E-state index >= 15 is 0 Å². The van der Waals surface area contributed by atoms with Crippen molar-refractivity contribution in [2.75, 3.05) is 0 Å². The van der Waals surface area contributed by atoms with Gasteiger partial charge in [0.15, 0.2) is 11.6 Å². The third-order valence-electron chi connectivity index (χ3n) is 3.84.